The van der Waals surface area contributed by atoms with E-state index in [1.807, 2.05) is 6.07 Å². The molecule has 1 aromatic rings. The standard InChI is InChI=1S/C15H22N6O3/c22-14(10-21-7-8-24-15(21)23)17-4-3-16-12-9-13(19-11-18-12)20-5-1-2-6-20/h9,11H,1-8,10H2,(H,17,22)(H,16,18,19). The number of cyclic esters (lactones) is 1. The van der Waals surface area contributed by atoms with Gasteiger partial charge in [-0.1, -0.05) is 0 Å². The van der Waals surface area contributed by atoms with Crippen LogP contribution in [0.3, 0.4) is 0 Å². The van der Waals surface area contributed by atoms with Gasteiger partial charge in [0.05, 0.1) is 6.54 Å². The first-order valence-electron chi connectivity index (χ1n) is 8.21. The lowest BCUT2D eigenvalue weighted by molar-refractivity contribution is -0.121. The van der Waals surface area contributed by atoms with Crippen LogP contribution in [0.1, 0.15) is 12.8 Å². The highest BCUT2D eigenvalue weighted by molar-refractivity contribution is 5.82. The molecule has 0 spiro atoms. The van der Waals surface area contributed by atoms with Crippen LogP contribution in [0.25, 0.3) is 0 Å². The molecule has 0 radical (unpaired) electrons. The molecule has 130 valence electrons. The fourth-order valence-electron chi connectivity index (χ4n) is 2.75. The van der Waals surface area contributed by atoms with E-state index in [0.717, 1.165) is 24.7 Å². The lowest BCUT2D eigenvalue weighted by Gasteiger charge is -2.17. The SMILES string of the molecule is O=C(CN1CCOC1=O)NCCNc1cc(N2CCCC2)ncn1. The summed E-state index contributed by atoms with van der Waals surface area (Å²) in [5, 5.41) is 5.93. The summed E-state index contributed by atoms with van der Waals surface area (Å²) in [5.41, 5.74) is 0. The molecule has 0 saturated carbocycles. The number of carbonyl (C=O) groups excluding carboxylic acids is 2. The molecule has 2 aliphatic heterocycles. The van der Waals surface area contributed by atoms with Gasteiger partial charge in [0.25, 0.3) is 0 Å². The Morgan fingerprint density at radius 3 is 2.79 bits per heavy atom. The molecule has 0 aromatic carbocycles. The van der Waals surface area contributed by atoms with E-state index in [4.69, 9.17) is 4.74 Å². The summed E-state index contributed by atoms with van der Waals surface area (Å²) in [5.74, 6) is 1.47. The molecular formula is C15H22N6O3. The molecule has 2 saturated heterocycles. The van der Waals surface area contributed by atoms with Gasteiger partial charge in [0.1, 0.15) is 31.1 Å². The number of amides is 2. The van der Waals surface area contributed by atoms with Gasteiger partial charge in [0.2, 0.25) is 5.91 Å². The molecular weight excluding hydrogens is 312 g/mol. The third kappa shape index (κ3) is 4.24. The van der Waals surface area contributed by atoms with Crippen molar-refractivity contribution in [1.82, 2.24) is 20.2 Å². The van der Waals surface area contributed by atoms with Crippen LogP contribution in [-0.2, 0) is 9.53 Å². The molecule has 9 heteroatoms. The molecule has 24 heavy (non-hydrogen) atoms. The highest BCUT2D eigenvalue weighted by atomic mass is 16.6. The molecule has 3 rings (SSSR count). The summed E-state index contributed by atoms with van der Waals surface area (Å²) < 4.78 is 4.78. The van der Waals surface area contributed by atoms with E-state index in [2.05, 4.69) is 25.5 Å². The number of anilines is 2. The Balaban J connectivity index is 1.37. The molecule has 2 aliphatic rings. The number of hydrogen-bond acceptors (Lipinski definition) is 7. The predicted molar refractivity (Wildman–Crippen MR) is 87.9 cm³/mol. The van der Waals surface area contributed by atoms with Crippen molar-refractivity contribution in [3.8, 4) is 0 Å². The van der Waals surface area contributed by atoms with Gasteiger partial charge in [-0.05, 0) is 12.8 Å². The summed E-state index contributed by atoms with van der Waals surface area (Å²) in [6.45, 7) is 3.91. The predicted octanol–water partition coefficient (Wildman–Crippen LogP) is 0.0571. The summed E-state index contributed by atoms with van der Waals surface area (Å²) >= 11 is 0. The zero-order chi connectivity index (χ0) is 16.8. The van der Waals surface area contributed by atoms with Crippen molar-refractivity contribution in [3.05, 3.63) is 12.4 Å². The quantitative estimate of drug-likeness (QED) is 0.680. The third-order valence-corrected chi connectivity index (χ3v) is 4.02. The number of carbonyl (C=O) groups is 2. The average molecular weight is 334 g/mol. The normalized spacial score (nSPS) is 17.1. The van der Waals surface area contributed by atoms with E-state index in [1.165, 1.54) is 17.7 Å². The van der Waals surface area contributed by atoms with Crippen molar-refractivity contribution in [3.63, 3.8) is 0 Å². The van der Waals surface area contributed by atoms with Gasteiger partial charge >= 0.3 is 6.09 Å². The van der Waals surface area contributed by atoms with Crippen LogP contribution < -0.4 is 15.5 Å². The molecule has 9 nitrogen and oxygen atoms in total. The Kier molecular flexibility index (Phi) is 5.29. The van der Waals surface area contributed by atoms with Gasteiger partial charge in [0.15, 0.2) is 0 Å². The summed E-state index contributed by atoms with van der Waals surface area (Å²) in [7, 11) is 0. The zero-order valence-corrected chi connectivity index (χ0v) is 13.5. The minimum Gasteiger partial charge on any atom is -0.448 e. The summed E-state index contributed by atoms with van der Waals surface area (Å²) in [6, 6.07) is 1.92. The maximum atomic E-state index is 11.8. The largest absolute Gasteiger partial charge is 0.448 e. The van der Waals surface area contributed by atoms with Gasteiger partial charge in [-0.25, -0.2) is 14.8 Å². The molecule has 0 aliphatic carbocycles. The van der Waals surface area contributed by atoms with Gasteiger partial charge < -0.3 is 20.3 Å². The number of ether oxygens (including phenoxy) is 1. The van der Waals surface area contributed by atoms with Crippen LogP contribution in [0.4, 0.5) is 16.4 Å². The molecule has 3 heterocycles. The third-order valence-electron chi connectivity index (χ3n) is 4.02. The maximum Gasteiger partial charge on any atom is 0.410 e. The smallest absolute Gasteiger partial charge is 0.410 e. The molecule has 2 amide bonds. The highest BCUT2D eigenvalue weighted by Gasteiger charge is 2.23. The van der Waals surface area contributed by atoms with Gasteiger partial charge in [-0.15, -0.1) is 0 Å². The van der Waals surface area contributed by atoms with Crippen molar-refractivity contribution >= 4 is 23.6 Å². The van der Waals surface area contributed by atoms with E-state index in [9.17, 15) is 9.59 Å². The molecule has 2 N–H and O–H groups in total. The van der Waals surface area contributed by atoms with Crippen molar-refractivity contribution in [2.45, 2.75) is 12.8 Å². The Bertz CT molecular complexity index is 590. The van der Waals surface area contributed by atoms with Crippen molar-refractivity contribution in [1.29, 1.82) is 0 Å². The summed E-state index contributed by atoms with van der Waals surface area (Å²) in [4.78, 5) is 35.1. The fourth-order valence-corrected chi connectivity index (χ4v) is 2.75. The molecule has 0 unspecified atom stereocenters. The van der Waals surface area contributed by atoms with Crippen molar-refractivity contribution < 1.29 is 14.3 Å². The fraction of sp³-hybridized carbons (Fsp3) is 0.600. The molecule has 2 fully saturated rings. The number of rotatable bonds is 7. The molecule has 0 bridgehead atoms. The van der Waals surface area contributed by atoms with E-state index < -0.39 is 6.09 Å². The van der Waals surface area contributed by atoms with Crippen LogP contribution in [0.2, 0.25) is 0 Å². The lowest BCUT2D eigenvalue weighted by Crippen LogP contribution is -2.39. The Hall–Kier alpha value is -2.58. The van der Waals surface area contributed by atoms with Gasteiger partial charge in [0, 0.05) is 32.2 Å². The summed E-state index contributed by atoms with van der Waals surface area (Å²) in [6.07, 6.45) is 3.51. The minimum absolute atomic E-state index is 0.0332. The van der Waals surface area contributed by atoms with E-state index in [1.54, 1.807) is 6.33 Å². The number of nitrogens with zero attached hydrogens (tertiary/aromatic N) is 4. The van der Waals surface area contributed by atoms with Crippen molar-refractivity contribution in [2.75, 3.05) is 56.1 Å². The van der Waals surface area contributed by atoms with E-state index >= 15 is 0 Å². The topological polar surface area (TPSA) is 99.7 Å². The second-order valence-electron chi connectivity index (χ2n) is 5.77. The average Bonchev–Trinajstić information content (AvgIpc) is 3.25. The van der Waals surface area contributed by atoms with Gasteiger partial charge in [-0.3, -0.25) is 9.69 Å². The second-order valence-corrected chi connectivity index (χ2v) is 5.77. The maximum absolute atomic E-state index is 11.8. The van der Waals surface area contributed by atoms with Crippen LogP contribution >= 0.6 is 0 Å². The van der Waals surface area contributed by atoms with Crippen LogP contribution in [0.15, 0.2) is 12.4 Å². The first-order chi connectivity index (χ1) is 11.7. The highest BCUT2D eigenvalue weighted by Crippen LogP contribution is 2.18. The van der Waals surface area contributed by atoms with E-state index in [-0.39, 0.29) is 12.5 Å². The minimum atomic E-state index is -0.432. The first kappa shape index (κ1) is 16.3. The molecule has 0 atom stereocenters. The van der Waals surface area contributed by atoms with Crippen molar-refractivity contribution in [2.24, 2.45) is 0 Å². The number of aromatic nitrogens is 2. The Morgan fingerprint density at radius 2 is 2.04 bits per heavy atom. The zero-order valence-electron chi connectivity index (χ0n) is 13.5. The Labute approximate surface area is 140 Å². The van der Waals surface area contributed by atoms with E-state index in [0.29, 0.717) is 26.2 Å². The monoisotopic (exact) mass is 334 g/mol. The number of hydrogen-bond donors (Lipinski definition) is 2. The Morgan fingerprint density at radius 1 is 1.21 bits per heavy atom. The molecule has 1 aromatic heterocycles. The number of nitrogens with one attached hydrogen (secondary N) is 2. The van der Waals surface area contributed by atoms with Crippen LogP contribution in [-0.4, -0.2) is 72.7 Å². The first-order valence-corrected chi connectivity index (χ1v) is 8.21. The van der Waals surface area contributed by atoms with Crippen LogP contribution in [0, 0.1) is 0 Å². The second kappa shape index (κ2) is 7.80. The van der Waals surface area contributed by atoms with Crippen LogP contribution in [0.5, 0.6) is 0 Å². The van der Waals surface area contributed by atoms with Gasteiger partial charge in [-0.2, -0.15) is 0 Å². The lowest BCUT2D eigenvalue weighted by atomic mass is 10.4.